The summed E-state index contributed by atoms with van der Waals surface area (Å²) < 4.78 is 39.7. The highest BCUT2D eigenvalue weighted by Gasteiger charge is 2.34. The van der Waals surface area contributed by atoms with E-state index in [2.05, 4.69) is 0 Å². The SMILES string of the molecule is CC1CN(S(=O)(=O)c2ccc(Cl)c(F)c2Cl)CCC1=O. The average Bonchev–Trinajstić information content (AvgIpc) is 2.38. The Labute approximate surface area is 126 Å². The lowest BCUT2D eigenvalue weighted by Crippen LogP contribution is -2.43. The average molecular weight is 340 g/mol. The number of sulfonamides is 1. The van der Waals surface area contributed by atoms with E-state index >= 15 is 0 Å². The lowest BCUT2D eigenvalue weighted by Gasteiger charge is -2.29. The second-order valence-corrected chi connectivity index (χ2v) is 7.35. The Hall–Kier alpha value is -0.690. The maximum Gasteiger partial charge on any atom is 0.244 e. The molecule has 0 aliphatic carbocycles. The minimum atomic E-state index is -3.94. The summed E-state index contributed by atoms with van der Waals surface area (Å²) in [6.07, 6.45) is 0.147. The molecule has 1 fully saturated rings. The van der Waals surface area contributed by atoms with Crippen molar-refractivity contribution >= 4 is 39.0 Å². The maximum atomic E-state index is 13.6. The Kier molecular flexibility index (Phi) is 4.39. The van der Waals surface area contributed by atoms with Crippen molar-refractivity contribution in [3.8, 4) is 0 Å². The summed E-state index contributed by atoms with van der Waals surface area (Å²) in [5, 5.41) is -0.766. The summed E-state index contributed by atoms with van der Waals surface area (Å²) in [4.78, 5) is 11.1. The van der Waals surface area contributed by atoms with Gasteiger partial charge in [-0.2, -0.15) is 4.31 Å². The van der Waals surface area contributed by atoms with Gasteiger partial charge < -0.3 is 0 Å². The van der Waals surface area contributed by atoms with Gasteiger partial charge in [0.25, 0.3) is 0 Å². The van der Waals surface area contributed by atoms with Gasteiger partial charge in [-0.25, -0.2) is 12.8 Å². The van der Waals surface area contributed by atoms with Crippen molar-refractivity contribution in [2.75, 3.05) is 13.1 Å². The molecule has 0 spiro atoms. The number of nitrogens with zero attached hydrogens (tertiary/aromatic N) is 1. The zero-order chi connectivity index (χ0) is 15.1. The van der Waals surface area contributed by atoms with E-state index in [4.69, 9.17) is 23.2 Å². The molecule has 0 saturated carbocycles. The van der Waals surface area contributed by atoms with Gasteiger partial charge in [-0.15, -0.1) is 0 Å². The van der Waals surface area contributed by atoms with E-state index in [1.807, 2.05) is 0 Å². The van der Waals surface area contributed by atoms with Crippen LogP contribution in [0.25, 0.3) is 0 Å². The predicted octanol–water partition coefficient (Wildman–Crippen LogP) is 2.73. The molecule has 1 heterocycles. The Morgan fingerprint density at radius 2 is 2.00 bits per heavy atom. The number of piperidine rings is 1. The Morgan fingerprint density at radius 1 is 1.35 bits per heavy atom. The highest BCUT2D eigenvalue weighted by atomic mass is 35.5. The standard InChI is InChI=1S/C12H12Cl2FNO3S/c1-7-6-16(5-4-9(7)17)20(18,19)10-3-2-8(13)12(15)11(10)14/h2-3,7H,4-6H2,1H3. The molecule has 110 valence electrons. The molecule has 2 rings (SSSR count). The number of ketones is 1. The summed E-state index contributed by atoms with van der Waals surface area (Å²) in [5.41, 5.74) is 0. The zero-order valence-electron chi connectivity index (χ0n) is 10.6. The van der Waals surface area contributed by atoms with Crippen LogP contribution in [0, 0.1) is 11.7 Å². The number of halogens is 3. The molecular formula is C12H12Cl2FNO3S. The quantitative estimate of drug-likeness (QED) is 0.778. The van der Waals surface area contributed by atoms with E-state index in [9.17, 15) is 17.6 Å². The molecule has 0 bridgehead atoms. The van der Waals surface area contributed by atoms with E-state index in [0.29, 0.717) is 0 Å². The molecule has 1 saturated heterocycles. The van der Waals surface area contributed by atoms with Crippen LogP contribution >= 0.6 is 23.2 Å². The number of benzene rings is 1. The molecule has 20 heavy (non-hydrogen) atoms. The monoisotopic (exact) mass is 339 g/mol. The van der Waals surface area contributed by atoms with Crippen LogP contribution in [0.1, 0.15) is 13.3 Å². The predicted molar refractivity (Wildman–Crippen MR) is 74.0 cm³/mol. The van der Waals surface area contributed by atoms with Gasteiger partial charge >= 0.3 is 0 Å². The second-order valence-electron chi connectivity index (χ2n) is 4.65. The molecule has 8 heteroatoms. The number of hydrogen-bond acceptors (Lipinski definition) is 3. The molecule has 4 nitrogen and oxygen atoms in total. The molecule has 1 unspecified atom stereocenters. The third kappa shape index (κ3) is 2.70. The van der Waals surface area contributed by atoms with Gasteiger partial charge in [0.15, 0.2) is 5.82 Å². The van der Waals surface area contributed by atoms with E-state index in [1.54, 1.807) is 6.92 Å². The lowest BCUT2D eigenvalue weighted by atomic mass is 10.0. The van der Waals surface area contributed by atoms with Crippen LogP contribution in [0.15, 0.2) is 17.0 Å². The first-order valence-electron chi connectivity index (χ1n) is 5.91. The Bertz CT molecular complexity index is 663. The fraction of sp³-hybridized carbons (Fsp3) is 0.417. The van der Waals surface area contributed by atoms with E-state index in [-0.39, 0.29) is 41.1 Å². The topological polar surface area (TPSA) is 54.5 Å². The first-order chi connectivity index (χ1) is 9.25. The van der Waals surface area contributed by atoms with Gasteiger partial charge in [-0.3, -0.25) is 4.79 Å². The van der Waals surface area contributed by atoms with Crippen LogP contribution in [0.5, 0.6) is 0 Å². The summed E-state index contributed by atoms with van der Waals surface area (Å²) in [7, 11) is -3.94. The molecule has 0 aromatic heterocycles. The van der Waals surface area contributed by atoms with Crippen molar-refractivity contribution in [2.24, 2.45) is 5.92 Å². The van der Waals surface area contributed by atoms with Crippen molar-refractivity contribution in [1.29, 1.82) is 0 Å². The smallest absolute Gasteiger partial charge is 0.244 e. The van der Waals surface area contributed by atoms with Crippen molar-refractivity contribution in [3.63, 3.8) is 0 Å². The maximum absolute atomic E-state index is 13.6. The summed E-state index contributed by atoms with van der Waals surface area (Å²) in [6, 6.07) is 2.32. The Morgan fingerprint density at radius 3 is 2.60 bits per heavy atom. The highest BCUT2D eigenvalue weighted by molar-refractivity contribution is 7.89. The fourth-order valence-electron chi connectivity index (χ4n) is 2.04. The minimum Gasteiger partial charge on any atom is -0.299 e. The first kappa shape index (κ1) is 15.7. The third-order valence-electron chi connectivity index (χ3n) is 3.25. The molecule has 1 aliphatic heterocycles. The van der Waals surface area contributed by atoms with Crippen LogP contribution in [-0.2, 0) is 14.8 Å². The Balaban J connectivity index is 2.41. The number of carbonyl (C=O) groups is 1. The lowest BCUT2D eigenvalue weighted by molar-refractivity contribution is -0.124. The van der Waals surface area contributed by atoms with E-state index in [1.165, 1.54) is 6.07 Å². The van der Waals surface area contributed by atoms with Crippen LogP contribution in [-0.4, -0.2) is 31.6 Å². The first-order valence-corrected chi connectivity index (χ1v) is 8.11. The van der Waals surface area contributed by atoms with Crippen molar-refractivity contribution in [3.05, 3.63) is 28.0 Å². The van der Waals surface area contributed by atoms with Gasteiger partial charge in [0.05, 0.1) is 10.0 Å². The minimum absolute atomic E-state index is 0.0184. The van der Waals surface area contributed by atoms with Crippen LogP contribution in [0.2, 0.25) is 10.0 Å². The molecule has 0 N–H and O–H groups in total. The summed E-state index contributed by atoms with van der Waals surface area (Å²) >= 11 is 11.3. The van der Waals surface area contributed by atoms with Gasteiger partial charge in [-0.05, 0) is 12.1 Å². The van der Waals surface area contributed by atoms with Crippen LogP contribution < -0.4 is 0 Å². The van der Waals surface area contributed by atoms with E-state index in [0.717, 1.165) is 10.4 Å². The fourth-order valence-corrected chi connectivity index (χ4v) is 4.29. The van der Waals surface area contributed by atoms with Crippen LogP contribution in [0.4, 0.5) is 4.39 Å². The zero-order valence-corrected chi connectivity index (χ0v) is 12.9. The van der Waals surface area contributed by atoms with Crippen molar-refractivity contribution in [1.82, 2.24) is 4.31 Å². The van der Waals surface area contributed by atoms with Gasteiger partial charge in [0, 0.05) is 25.4 Å². The van der Waals surface area contributed by atoms with E-state index < -0.39 is 20.9 Å². The molecular weight excluding hydrogens is 328 g/mol. The number of carbonyl (C=O) groups excluding carboxylic acids is 1. The number of Topliss-reactive ketones (excluding diaryl/α,β-unsaturated/α-hetero) is 1. The molecule has 1 aliphatic rings. The van der Waals surface area contributed by atoms with Crippen molar-refractivity contribution in [2.45, 2.75) is 18.2 Å². The van der Waals surface area contributed by atoms with Crippen molar-refractivity contribution < 1.29 is 17.6 Å². The summed E-state index contributed by atoms with van der Waals surface area (Å²) in [6.45, 7) is 1.81. The van der Waals surface area contributed by atoms with Gasteiger partial charge in [0.2, 0.25) is 10.0 Å². The molecule has 1 aromatic carbocycles. The molecule has 0 radical (unpaired) electrons. The summed E-state index contributed by atoms with van der Waals surface area (Å²) in [5.74, 6) is -1.32. The second kappa shape index (κ2) is 5.60. The number of rotatable bonds is 2. The molecule has 1 atom stereocenters. The number of hydrogen-bond donors (Lipinski definition) is 0. The largest absolute Gasteiger partial charge is 0.299 e. The normalized spacial score (nSPS) is 21.2. The molecule has 0 amide bonds. The molecule has 1 aromatic rings. The third-order valence-corrected chi connectivity index (χ3v) is 5.93. The van der Waals surface area contributed by atoms with Crippen LogP contribution in [0.3, 0.4) is 0 Å². The van der Waals surface area contributed by atoms with Gasteiger partial charge in [-0.1, -0.05) is 30.1 Å². The highest BCUT2D eigenvalue weighted by Crippen LogP contribution is 2.32. The van der Waals surface area contributed by atoms with Gasteiger partial charge in [0.1, 0.15) is 10.7 Å².